The van der Waals surface area contributed by atoms with Crippen molar-refractivity contribution in [3.05, 3.63) is 29.8 Å². The number of ether oxygens (including phenoxy) is 1. The van der Waals surface area contributed by atoms with Crippen molar-refractivity contribution < 1.29 is 4.74 Å². The van der Waals surface area contributed by atoms with E-state index in [0.29, 0.717) is 12.6 Å². The Bertz CT molecular complexity index is 313. The number of nitrogens with two attached hydrogens (primary N) is 1. The lowest BCUT2D eigenvalue weighted by Crippen LogP contribution is -2.34. The fraction of sp³-hybridized carbons (Fsp3) is 0.538. The lowest BCUT2D eigenvalue weighted by Gasteiger charge is -2.23. The Hall–Kier alpha value is -0.480. The molecule has 0 amide bonds. The van der Waals surface area contributed by atoms with Gasteiger partial charge in [0.1, 0.15) is 11.9 Å². The second-order valence-corrected chi connectivity index (χ2v) is 4.25. The van der Waals surface area contributed by atoms with E-state index in [1.54, 1.807) is 0 Å². The zero-order chi connectivity index (χ0) is 11.2. The quantitative estimate of drug-likeness (QED) is 0.894. The summed E-state index contributed by atoms with van der Waals surface area (Å²) in [6, 6.07) is 8.30. The molecule has 18 heavy (non-hydrogen) atoms. The van der Waals surface area contributed by atoms with Crippen LogP contribution in [-0.4, -0.2) is 25.7 Å². The van der Waals surface area contributed by atoms with Crippen LogP contribution in [0.15, 0.2) is 24.3 Å². The molecule has 0 aliphatic carbocycles. The first kappa shape index (κ1) is 17.5. The molecule has 1 aromatic carbocycles. The maximum Gasteiger partial charge on any atom is 0.119 e. The van der Waals surface area contributed by atoms with Gasteiger partial charge in [0.2, 0.25) is 0 Å². The van der Waals surface area contributed by atoms with Crippen LogP contribution < -0.4 is 15.8 Å². The van der Waals surface area contributed by atoms with Gasteiger partial charge in [-0.25, -0.2) is 0 Å². The van der Waals surface area contributed by atoms with Gasteiger partial charge < -0.3 is 15.8 Å². The average molecular weight is 293 g/mol. The zero-order valence-corrected chi connectivity index (χ0v) is 12.1. The highest BCUT2D eigenvalue weighted by atomic mass is 35.5. The number of hydrogen-bond donors (Lipinski definition) is 2. The molecule has 3 nitrogen and oxygen atoms in total. The van der Waals surface area contributed by atoms with Crippen LogP contribution in [0.2, 0.25) is 0 Å². The van der Waals surface area contributed by atoms with Gasteiger partial charge in [0.25, 0.3) is 0 Å². The molecule has 5 heteroatoms. The summed E-state index contributed by atoms with van der Waals surface area (Å²) in [5.41, 5.74) is 6.79. The van der Waals surface area contributed by atoms with E-state index >= 15 is 0 Å². The average Bonchev–Trinajstić information content (AvgIpc) is 2.33. The molecule has 1 aliphatic heterocycles. The summed E-state index contributed by atoms with van der Waals surface area (Å²) in [5.74, 6) is 0.979. The molecule has 1 saturated heterocycles. The Morgan fingerprint density at radius 3 is 2.28 bits per heavy atom. The molecule has 0 saturated carbocycles. The van der Waals surface area contributed by atoms with Gasteiger partial charge >= 0.3 is 0 Å². The zero-order valence-electron chi connectivity index (χ0n) is 10.4. The molecule has 0 unspecified atom stereocenters. The normalized spacial score (nSPS) is 15.4. The van der Waals surface area contributed by atoms with E-state index in [1.165, 1.54) is 5.56 Å². The molecule has 1 fully saturated rings. The minimum atomic E-state index is 0. The smallest absolute Gasteiger partial charge is 0.119 e. The maximum atomic E-state index is 5.92. The van der Waals surface area contributed by atoms with Gasteiger partial charge in [-0.2, -0.15) is 0 Å². The fourth-order valence-corrected chi connectivity index (χ4v) is 2.01. The monoisotopic (exact) mass is 292 g/mol. The number of halogens is 2. The largest absolute Gasteiger partial charge is 0.490 e. The SMILES string of the molecule is Cl.Cl.NCCc1ccc(OC2CCNCC2)cc1. The van der Waals surface area contributed by atoms with Crippen LogP contribution in [0.4, 0.5) is 0 Å². The van der Waals surface area contributed by atoms with Crippen molar-refractivity contribution >= 4 is 24.8 Å². The van der Waals surface area contributed by atoms with Gasteiger partial charge in [-0.3, -0.25) is 0 Å². The molecular weight excluding hydrogens is 271 g/mol. The minimum absolute atomic E-state index is 0. The van der Waals surface area contributed by atoms with E-state index in [0.717, 1.165) is 38.1 Å². The third-order valence-electron chi connectivity index (χ3n) is 2.95. The second kappa shape index (κ2) is 9.45. The van der Waals surface area contributed by atoms with E-state index in [4.69, 9.17) is 10.5 Å². The van der Waals surface area contributed by atoms with Crippen LogP contribution in [0.5, 0.6) is 5.75 Å². The lowest BCUT2D eigenvalue weighted by molar-refractivity contribution is 0.162. The first-order chi connectivity index (χ1) is 7.88. The summed E-state index contributed by atoms with van der Waals surface area (Å²) in [7, 11) is 0. The number of rotatable bonds is 4. The predicted molar refractivity (Wildman–Crippen MR) is 80.2 cm³/mol. The van der Waals surface area contributed by atoms with Crippen LogP contribution in [-0.2, 0) is 6.42 Å². The van der Waals surface area contributed by atoms with Crippen molar-refractivity contribution in [3.63, 3.8) is 0 Å². The van der Waals surface area contributed by atoms with E-state index in [2.05, 4.69) is 17.4 Å². The third kappa shape index (κ3) is 5.44. The van der Waals surface area contributed by atoms with E-state index in [9.17, 15) is 0 Å². The van der Waals surface area contributed by atoms with Gasteiger partial charge in [0.05, 0.1) is 0 Å². The van der Waals surface area contributed by atoms with Crippen LogP contribution in [0, 0.1) is 0 Å². The van der Waals surface area contributed by atoms with Gasteiger partial charge in [0.15, 0.2) is 0 Å². The van der Waals surface area contributed by atoms with Crippen LogP contribution in [0.1, 0.15) is 18.4 Å². The molecule has 1 heterocycles. The molecule has 0 aromatic heterocycles. The Morgan fingerprint density at radius 1 is 1.11 bits per heavy atom. The van der Waals surface area contributed by atoms with Gasteiger partial charge in [-0.1, -0.05) is 12.1 Å². The Morgan fingerprint density at radius 2 is 1.72 bits per heavy atom. The summed E-state index contributed by atoms with van der Waals surface area (Å²) in [4.78, 5) is 0. The van der Waals surface area contributed by atoms with Crippen LogP contribution in [0.3, 0.4) is 0 Å². The lowest BCUT2D eigenvalue weighted by atomic mass is 10.1. The molecule has 104 valence electrons. The Kier molecular flexibility index (Phi) is 9.20. The Balaban J connectivity index is 0.00000144. The fourth-order valence-electron chi connectivity index (χ4n) is 2.01. The maximum absolute atomic E-state index is 5.92. The molecule has 0 radical (unpaired) electrons. The molecular formula is C13H22Cl2N2O. The summed E-state index contributed by atoms with van der Waals surface area (Å²) in [6.45, 7) is 2.83. The third-order valence-corrected chi connectivity index (χ3v) is 2.95. The molecule has 1 aromatic rings. The molecule has 1 aliphatic rings. The summed E-state index contributed by atoms with van der Waals surface area (Å²) < 4.78 is 5.92. The standard InChI is InChI=1S/C13H20N2O.2ClH/c14-8-5-11-1-3-12(4-2-11)16-13-6-9-15-10-7-13;;/h1-4,13,15H,5-10,14H2;2*1H. The molecule has 3 N–H and O–H groups in total. The summed E-state index contributed by atoms with van der Waals surface area (Å²) >= 11 is 0. The van der Waals surface area contributed by atoms with Crippen molar-refractivity contribution in [1.82, 2.24) is 5.32 Å². The number of benzene rings is 1. The molecule has 2 rings (SSSR count). The molecule has 0 spiro atoms. The predicted octanol–water partition coefficient (Wildman–Crippen LogP) is 2.16. The van der Waals surface area contributed by atoms with E-state index in [-0.39, 0.29) is 24.8 Å². The second-order valence-electron chi connectivity index (χ2n) is 4.25. The van der Waals surface area contributed by atoms with E-state index < -0.39 is 0 Å². The first-order valence-electron chi connectivity index (χ1n) is 6.05. The van der Waals surface area contributed by atoms with Crippen molar-refractivity contribution in [1.29, 1.82) is 0 Å². The summed E-state index contributed by atoms with van der Waals surface area (Å²) in [5, 5.41) is 3.33. The van der Waals surface area contributed by atoms with Crippen molar-refractivity contribution in [3.8, 4) is 5.75 Å². The number of piperidine rings is 1. The van der Waals surface area contributed by atoms with E-state index in [1.807, 2.05) is 12.1 Å². The molecule has 0 bridgehead atoms. The van der Waals surface area contributed by atoms with Crippen molar-refractivity contribution in [2.24, 2.45) is 5.73 Å². The topological polar surface area (TPSA) is 47.3 Å². The van der Waals surface area contributed by atoms with Crippen LogP contribution in [0.25, 0.3) is 0 Å². The first-order valence-corrected chi connectivity index (χ1v) is 6.05. The minimum Gasteiger partial charge on any atom is -0.490 e. The van der Waals surface area contributed by atoms with Gasteiger partial charge in [-0.15, -0.1) is 24.8 Å². The van der Waals surface area contributed by atoms with Crippen molar-refractivity contribution in [2.45, 2.75) is 25.4 Å². The molecule has 0 atom stereocenters. The number of nitrogens with one attached hydrogen (secondary N) is 1. The van der Waals surface area contributed by atoms with Gasteiger partial charge in [-0.05, 0) is 56.6 Å². The highest BCUT2D eigenvalue weighted by Crippen LogP contribution is 2.17. The highest BCUT2D eigenvalue weighted by molar-refractivity contribution is 5.85. The van der Waals surface area contributed by atoms with Crippen LogP contribution >= 0.6 is 24.8 Å². The Labute approximate surface area is 121 Å². The van der Waals surface area contributed by atoms with Gasteiger partial charge in [0, 0.05) is 0 Å². The highest BCUT2D eigenvalue weighted by Gasteiger charge is 2.13. The number of hydrogen-bond acceptors (Lipinski definition) is 3. The van der Waals surface area contributed by atoms with Crippen molar-refractivity contribution in [2.75, 3.05) is 19.6 Å². The summed E-state index contributed by atoms with van der Waals surface area (Å²) in [6.07, 6.45) is 3.52.